The van der Waals surface area contributed by atoms with Gasteiger partial charge in [0.25, 0.3) is 0 Å². The van der Waals surface area contributed by atoms with Crippen molar-refractivity contribution in [3.05, 3.63) is 12.2 Å². The molecule has 0 aromatic heterocycles. The summed E-state index contributed by atoms with van der Waals surface area (Å²) in [4.78, 5) is 12.2. The summed E-state index contributed by atoms with van der Waals surface area (Å²) >= 11 is 0. The number of hydrogen-bond acceptors (Lipinski definition) is 18. The average molecular weight is 957 g/mol. The summed E-state index contributed by atoms with van der Waals surface area (Å²) in [5.74, 6) is 0.851. The van der Waals surface area contributed by atoms with Crippen molar-refractivity contribution in [2.45, 2.75) is 216 Å². The van der Waals surface area contributed by atoms with Crippen molar-refractivity contribution in [3.8, 4) is 0 Å². The van der Waals surface area contributed by atoms with E-state index < -0.39 is 118 Å². The third-order valence-corrected chi connectivity index (χ3v) is 19.6. The molecule has 8 fully saturated rings. The summed E-state index contributed by atoms with van der Waals surface area (Å²) in [6.07, 6.45) is -15.8. The molecule has 0 bridgehead atoms. The van der Waals surface area contributed by atoms with Crippen LogP contribution in [-0.2, 0) is 38.0 Å². The van der Waals surface area contributed by atoms with Crippen LogP contribution in [0.25, 0.3) is 0 Å². The minimum absolute atomic E-state index is 0.0258. The van der Waals surface area contributed by atoms with Gasteiger partial charge in [0, 0.05) is 12.3 Å². The molecule has 3 saturated heterocycles. The van der Waals surface area contributed by atoms with Crippen LogP contribution in [0.3, 0.4) is 0 Å². The lowest BCUT2D eigenvalue weighted by atomic mass is 9.33. The Labute approximate surface area is 393 Å². The third-order valence-electron chi connectivity index (χ3n) is 19.6. The fourth-order valence-electron chi connectivity index (χ4n) is 15.9. The van der Waals surface area contributed by atoms with Crippen molar-refractivity contribution in [2.24, 2.45) is 51.2 Å². The molecule has 0 aromatic carbocycles. The summed E-state index contributed by atoms with van der Waals surface area (Å²) in [6.45, 7) is 18.1. The van der Waals surface area contributed by atoms with Gasteiger partial charge >= 0.3 is 5.97 Å². The summed E-state index contributed by atoms with van der Waals surface area (Å²) < 4.78 is 42.8. The van der Waals surface area contributed by atoms with Crippen LogP contribution >= 0.6 is 0 Å². The lowest BCUT2D eigenvalue weighted by Crippen LogP contribution is -2.69. The molecule has 18 nitrogen and oxygen atoms in total. The van der Waals surface area contributed by atoms with E-state index in [0.717, 1.165) is 56.9 Å². The van der Waals surface area contributed by atoms with Crippen molar-refractivity contribution in [1.82, 2.24) is 0 Å². The molecular weight excluding hydrogens is 877 g/mol. The Balaban J connectivity index is 1.09. The number of rotatable bonds is 11. The third kappa shape index (κ3) is 8.39. The largest absolute Gasteiger partial charge is 0.462 e. The van der Waals surface area contributed by atoms with Crippen LogP contribution in [0.5, 0.6) is 0 Å². The molecule has 0 spiro atoms. The van der Waals surface area contributed by atoms with Crippen LogP contribution in [0.4, 0.5) is 0 Å². The molecule has 384 valence electrons. The van der Waals surface area contributed by atoms with Crippen LogP contribution in [-0.4, -0.2) is 181 Å². The van der Waals surface area contributed by atoms with E-state index in [4.69, 9.17) is 33.2 Å². The van der Waals surface area contributed by atoms with E-state index in [1.54, 1.807) is 0 Å². The number of aliphatic hydroxyl groups excluding tert-OH is 10. The van der Waals surface area contributed by atoms with E-state index in [0.29, 0.717) is 24.7 Å². The van der Waals surface area contributed by atoms with Gasteiger partial charge in [0.1, 0.15) is 79.4 Å². The molecule has 0 aromatic rings. The minimum atomic E-state index is -1.86. The predicted octanol–water partition coefficient (Wildman–Crippen LogP) is 0.793. The quantitative estimate of drug-likeness (QED) is 0.0779. The van der Waals surface area contributed by atoms with Gasteiger partial charge in [-0.15, -0.1) is 0 Å². The molecule has 8 aliphatic rings. The zero-order chi connectivity index (χ0) is 48.9. The van der Waals surface area contributed by atoms with Gasteiger partial charge in [-0.1, -0.05) is 46.8 Å². The highest BCUT2D eigenvalue weighted by atomic mass is 16.8. The van der Waals surface area contributed by atoms with Crippen molar-refractivity contribution in [1.29, 1.82) is 0 Å². The van der Waals surface area contributed by atoms with Crippen LogP contribution in [0, 0.1) is 51.2 Å². The summed E-state index contributed by atoms with van der Waals surface area (Å²) in [5.41, 5.74) is -0.0494. The Kier molecular flexibility index (Phi) is 14.6. The van der Waals surface area contributed by atoms with Gasteiger partial charge in [-0.3, -0.25) is 4.79 Å². The zero-order valence-electron chi connectivity index (χ0n) is 40.3. The highest BCUT2D eigenvalue weighted by molar-refractivity contribution is 5.66. The van der Waals surface area contributed by atoms with Gasteiger partial charge in [-0.25, -0.2) is 0 Å². The second-order valence-electron chi connectivity index (χ2n) is 23.2. The topological polar surface area (TPSA) is 284 Å². The molecule has 5 saturated carbocycles. The predicted molar refractivity (Wildman–Crippen MR) is 235 cm³/mol. The summed E-state index contributed by atoms with van der Waals surface area (Å²) in [7, 11) is 0. The first-order chi connectivity index (χ1) is 31.4. The van der Waals surface area contributed by atoms with Crippen molar-refractivity contribution in [3.63, 3.8) is 0 Å². The maximum Gasteiger partial charge on any atom is 0.302 e. The Hall–Kier alpha value is -1.43. The molecule has 3 aliphatic heterocycles. The molecule has 0 radical (unpaired) electrons. The van der Waals surface area contributed by atoms with E-state index >= 15 is 0 Å². The Morgan fingerprint density at radius 1 is 0.612 bits per heavy atom. The van der Waals surface area contributed by atoms with E-state index in [-0.39, 0.29) is 51.5 Å². The molecule has 8 rings (SSSR count). The number of carbonyl (C=O) groups excluding carboxylic acids is 1. The van der Waals surface area contributed by atoms with Gasteiger partial charge in [-0.05, 0) is 117 Å². The van der Waals surface area contributed by atoms with Crippen LogP contribution in [0.1, 0.15) is 113 Å². The Morgan fingerprint density at radius 3 is 1.84 bits per heavy atom. The number of ether oxygens (including phenoxy) is 7. The van der Waals surface area contributed by atoms with Crippen LogP contribution in [0.15, 0.2) is 12.2 Å². The zero-order valence-corrected chi connectivity index (χ0v) is 40.3. The molecule has 10 N–H and O–H groups in total. The lowest BCUT2D eigenvalue weighted by Gasteiger charge is -2.73. The van der Waals surface area contributed by atoms with E-state index in [1.165, 1.54) is 6.92 Å². The Morgan fingerprint density at radius 2 is 1.22 bits per heavy atom. The number of esters is 1. The first kappa shape index (κ1) is 51.9. The second-order valence-corrected chi connectivity index (χ2v) is 23.2. The van der Waals surface area contributed by atoms with Gasteiger partial charge in [0.2, 0.25) is 0 Å². The molecule has 18 heteroatoms. The molecule has 0 amide bonds. The minimum Gasteiger partial charge on any atom is -0.462 e. The number of allylic oxidation sites excluding steroid dienone is 1. The van der Waals surface area contributed by atoms with E-state index in [2.05, 4.69) is 48.1 Å². The number of fused-ring (bicyclic) bond motifs is 7. The second kappa shape index (κ2) is 18.9. The monoisotopic (exact) mass is 957 g/mol. The number of carbonyl (C=O) groups is 1. The fraction of sp³-hybridized carbons (Fsp3) is 0.939. The first-order valence-electron chi connectivity index (χ1n) is 24.8. The first-order valence-corrected chi connectivity index (χ1v) is 24.8. The fourth-order valence-corrected chi connectivity index (χ4v) is 15.9. The summed E-state index contributed by atoms with van der Waals surface area (Å²) in [5, 5.41) is 107. The van der Waals surface area contributed by atoms with Gasteiger partial charge < -0.3 is 84.2 Å². The molecule has 25 atom stereocenters. The van der Waals surface area contributed by atoms with Crippen LogP contribution in [0.2, 0.25) is 0 Å². The molecule has 3 heterocycles. The van der Waals surface area contributed by atoms with E-state index in [1.807, 2.05) is 0 Å². The molecule has 0 unspecified atom stereocenters. The standard InChI is InChI=1S/C49H80O18/c1-22(2)24-11-16-49(18-17-47(7)25(32(24)49)9-10-30-46(6)14-13-31(62-23(3)52)45(4,5)29(46)12-15-48(30,47)8)67-44-40(60)41(66-43-39(59)37(57)34(54)27(20-51)64-43)35(55)28(65-44)21-61-42-38(58)36(56)33(53)26(19-50)63-42/h24-44,50-51,53-60H,1,9-21H2,2-8H3/t24-,25+,26+,27+,28+,29-,30+,31-,32+,33+,34+,35+,36-,37-,38-,39-,40+,41-,42-,43-,44+,46-,47+,48+,49-/m0/s1. The average Bonchev–Trinajstić information content (AvgIpc) is 3.66. The maximum atomic E-state index is 12.2. The van der Waals surface area contributed by atoms with Gasteiger partial charge in [-0.2, -0.15) is 0 Å². The highest BCUT2D eigenvalue weighted by Crippen LogP contribution is 2.77. The molecular formula is C49H80O18. The van der Waals surface area contributed by atoms with E-state index in [9.17, 15) is 55.9 Å². The SMILES string of the molecule is C=C(C)[C@@H]1CC[C@]2(O[C@H]3O[C@H](CO[C@H]4O[C@H](CO)[C@@H](O)[C@H](O)[C@@H]4O)[C@@H](O)[C@H](O[C@@H]4O[C@H](CO)[C@@H](O)[C@H](O)[C@@H]4O)[C@H]3O)CC[C@]3(C)[C@H](CC[C@@H]4[C@@]5(C)CC[C@H](OC(C)=O)C(C)(C)[C@@H]5CC[C@]43C)[C@@H]12. The van der Waals surface area contributed by atoms with Gasteiger partial charge in [0.05, 0.1) is 25.4 Å². The van der Waals surface area contributed by atoms with Gasteiger partial charge in [0.15, 0.2) is 18.9 Å². The molecule has 5 aliphatic carbocycles. The number of aliphatic hydroxyl groups is 10. The Bertz CT molecular complexity index is 1780. The van der Waals surface area contributed by atoms with Crippen LogP contribution < -0.4 is 0 Å². The molecule has 67 heavy (non-hydrogen) atoms. The van der Waals surface area contributed by atoms with Crippen molar-refractivity contribution < 1.29 is 89.0 Å². The smallest absolute Gasteiger partial charge is 0.302 e. The van der Waals surface area contributed by atoms with Crippen molar-refractivity contribution in [2.75, 3.05) is 19.8 Å². The lowest BCUT2D eigenvalue weighted by molar-refractivity contribution is -0.381. The summed E-state index contributed by atoms with van der Waals surface area (Å²) in [6, 6.07) is 0. The maximum absolute atomic E-state index is 12.2. The normalized spacial score (nSPS) is 54.0. The number of hydrogen-bond donors (Lipinski definition) is 10. The highest BCUT2D eigenvalue weighted by Gasteiger charge is 2.72. The van der Waals surface area contributed by atoms with Crippen molar-refractivity contribution >= 4 is 5.97 Å².